The second kappa shape index (κ2) is 8.83. The fourth-order valence-corrected chi connectivity index (χ4v) is 4.97. The standard InChI is InChI=1S/C28H25F2N7O/c1-4-35-26(38)23-25(37-16-28(2,3)34-27(35)37)36(15-17-5-8-20(29)9-6-17)24(33-23)19-7-10-21(32-14-19)18-11-12-31-22(30)13-18/h5-14H,4,15-16H2,1-3H3. The summed E-state index contributed by atoms with van der Waals surface area (Å²) in [6.07, 6.45) is 3.05. The molecule has 4 aromatic rings. The first-order chi connectivity index (χ1) is 18.2. The third-order valence-electron chi connectivity index (χ3n) is 6.69. The summed E-state index contributed by atoms with van der Waals surface area (Å²) in [4.78, 5) is 35.1. The molecule has 8 nitrogen and oxygen atoms in total. The number of aromatic nitrogens is 4. The van der Waals surface area contributed by atoms with E-state index < -0.39 is 11.5 Å². The maximum absolute atomic E-state index is 13.7. The number of hydrogen-bond donors (Lipinski definition) is 0. The normalized spacial score (nSPS) is 15.9. The van der Waals surface area contributed by atoms with Crippen molar-refractivity contribution in [3.63, 3.8) is 0 Å². The van der Waals surface area contributed by atoms with Gasteiger partial charge in [-0.05, 0) is 56.7 Å². The molecule has 0 N–H and O–H groups in total. The highest BCUT2D eigenvalue weighted by atomic mass is 19.1. The molecule has 3 aromatic heterocycles. The monoisotopic (exact) mass is 513 g/mol. The van der Waals surface area contributed by atoms with Gasteiger partial charge in [0.15, 0.2) is 5.69 Å². The summed E-state index contributed by atoms with van der Waals surface area (Å²) in [5, 5.41) is 0. The molecule has 1 amide bonds. The lowest BCUT2D eigenvalue weighted by Gasteiger charge is -2.34. The molecule has 0 radical (unpaired) electrons. The van der Waals surface area contributed by atoms with E-state index in [0.29, 0.717) is 59.8 Å². The molecule has 0 bridgehead atoms. The average molecular weight is 514 g/mol. The van der Waals surface area contributed by atoms with Crippen LogP contribution in [0.15, 0.2) is 65.9 Å². The predicted molar refractivity (Wildman–Crippen MR) is 140 cm³/mol. The highest BCUT2D eigenvalue weighted by molar-refractivity contribution is 6.18. The zero-order valence-corrected chi connectivity index (χ0v) is 21.2. The van der Waals surface area contributed by atoms with Crippen LogP contribution in [0.2, 0.25) is 0 Å². The van der Waals surface area contributed by atoms with Gasteiger partial charge in [-0.2, -0.15) is 4.39 Å². The number of imidazole rings is 1. The van der Waals surface area contributed by atoms with Crippen molar-refractivity contribution in [3.05, 3.63) is 83.9 Å². The number of pyridine rings is 2. The summed E-state index contributed by atoms with van der Waals surface area (Å²) in [6.45, 7) is 7.38. The van der Waals surface area contributed by atoms with Gasteiger partial charge in [0.2, 0.25) is 11.9 Å². The van der Waals surface area contributed by atoms with Gasteiger partial charge in [-0.1, -0.05) is 12.1 Å². The number of rotatable bonds is 5. The van der Waals surface area contributed by atoms with Crippen LogP contribution >= 0.6 is 0 Å². The van der Waals surface area contributed by atoms with Crippen molar-refractivity contribution in [1.82, 2.24) is 24.4 Å². The van der Waals surface area contributed by atoms with Crippen LogP contribution in [-0.2, 0) is 6.54 Å². The molecule has 2 aliphatic heterocycles. The van der Waals surface area contributed by atoms with Crippen LogP contribution in [0.5, 0.6) is 0 Å². The molecule has 0 saturated carbocycles. The van der Waals surface area contributed by atoms with E-state index in [1.807, 2.05) is 36.3 Å². The predicted octanol–water partition coefficient (Wildman–Crippen LogP) is 4.76. The van der Waals surface area contributed by atoms with Crippen LogP contribution in [0.4, 0.5) is 14.6 Å². The smallest absolute Gasteiger partial charge is 0.283 e. The fourth-order valence-electron chi connectivity index (χ4n) is 4.97. The molecule has 5 heterocycles. The minimum Gasteiger partial charge on any atom is -0.305 e. The summed E-state index contributed by atoms with van der Waals surface area (Å²) >= 11 is 0. The number of nitrogens with zero attached hydrogens (tertiary/aromatic N) is 7. The summed E-state index contributed by atoms with van der Waals surface area (Å²) in [5.74, 6) is 0.693. The quantitative estimate of drug-likeness (QED) is 0.360. The highest BCUT2D eigenvalue weighted by Crippen LogP contribution is 2.38. The Hall–Kier alpha value is -4.47. The van der Waals surface area contributed by atoms with Crippen molar-refractivity contribution in [3.8, 4) is 22.6 Å². The summed E-state index contributed by atoms with van der Waals surface area (Å²) in [5.41, 5.74) is 2.67. The Morgan fingerprint density at radius 1 is 1.00 bits per heavy atom. The number of hydrogen-bond acceptors (Lipinski definition) is 6. The number of guanidine groups is 1. The molecule has 38 heavy (non-hydrogen) atoms. The number of halogens is 2. The molecular formula is C28H25F2N7O. The van der Waals surface area contributed by atoms with Crippen LogP contribution in [0, 0.1) is 11.8 Å². The van der Waals surface area contributed by atoms with Crippen molar-refractivity contribution in [2.45, 2.75) is 32.9 Å². The van der Waals surface area contributed by atoms with Gasteiger partial charge >= 0.3 is 0 Å². The number of amides is 1. The Bertz CT molecular complexity index is 1580. The molecule has 1 aromatic carbocycles. The third kappa shape index (κ3) is 4.02. The lowest BCUT2D eigenvalue weighted by atomic mass is 10.1. The van der Waals surface area contributed by atoms with Crippen molar-refractivity contribution < 1.29 is 13.6 Å². The highest BCUT2D eigenvalue weighted by Gasteiger charge is 2.45. The maximum atomic E-state index is 13.7. The zero-order chi connectivity index (χ0) is 26.6. The molecule has 10 heteroatoms. The zero-order valence-electron chi connectivity index (χ0n) is 21.2. The molecule has 0 atom stereocenters. The van der Waals surface area contributed by atoms with Gasteiger partial charge in [-0.3, -0.25) is 19.6 Å². The van der Waals surface area contributed by atoms with Gasteiger partial charge in [0.05, 0.1) is 24.3 Å². The molecule has 6 rings (SSSR count). The topological polar surface area (TPSA) is 79.5 Å². The van der Waals surface area contributed by atoms with Gasteiger partial charge in [0.25, 0.3) is 5.91 Å². The lowest BCUT2D eigenvalue weighted by Crippen LogP contribution is -2.51. The summed E-state index contributed by atoms with van der Waals surface area (Å²) < 4.78 is 29.3. The Morgan fingerprint density at radius 3 is 2.47 bits per heavy atom. The van der Waals surface area contributed by atoms with Crippen LogP contribution in [-0.4, -0.2) is 54.9 Å². The van der Waals surface area contributed by atoms with E-state index in [4.69, 9.17) is 9.98 Å². The van der Waals surface area contributed by atoms with Crippen LogP contribution in [0.25, 0.3) is 22.6 Å². The molecule has 0 saturated heterocycles. The van der Waals surface area contributed by atoms with Gasteiger partial charge in [0.1, 0.15) is 17.5 Å². The van der Waals surface area contributed by atoms with E-state index in [0.717, 1.165) is 5.56 Å². The Morgan fingerprint density at radius 2 is 1.79 bits per heavy atom. The van der Waals surface area contributed by atoms with Crippen molar-refractivity contribution >= 4 is 17.7 Å². The number of benzene rings is 1. The first-order valence-corrected chi connectivity index (χ1v) is 12.4. The fraction of sp³-hybridized carbons (Fsp3) is 0.250. The molecule has 192 valence electrons. The molecule has 0 unspecified atom stereocenters. The van der Waals surface area contributed by atoms with E-state index in [9.17, 15) is 13.6 Å². The molecular weight excluding hydrogens is 488 g/mol. The second-order valence-corrected chi connectivity index (χ2v) is 9.98. The number of fused-ring (bicyclic) bond motifs is 3. The maximum Gasteiger partial charge on any atom is 0.283 e. The molecule has 0 spiro atoms. The Kier molecular flexibility index (Phi) is 5.55. The minimum atomic E-state index is -0.583. The third-order valence-corrected chi connectivity index (χ3v) is 6.69. The first-order valence-electron chi connectivity index (χ1n) is 12.4. The SMILES string of the molecule is CCN1C(=O)c2nc(-c3ccc(-c4ccnc(F)c4)nc3)n(Cc3ccc(F)cc3)c2N2CC(C)(C)N=C12. The van der Waals surface area contributed by atoms with Gasteiger partial charge < -0.3 is 4.57 Å². The van der Waals surface area contributed by atoms with Crippen LogP contribution < -0.4 is 4.90 Å². The van der Waals surface area contributed by atoms with E-state index in [1.165, 1.54) is 24.4 Å². The Labute approximate surface area is 218 Å². The van der Waals surface area contributed by atoms with E-state index in [-0.39, 0.29) is 11.7 Å². The minimum absolute atomic E-state index is 0.217. The van der Waals surface area contributed by atoms with E-state index in [1.54, 1.807) is 35.4 Å². The average Bonchev–Trinajstić information content (AvgIpc) is 3.43. The van der Waals surface area contributed by atoms with Gasteiger partial charge in [-0.25, -0.2) is 19.4 Å². The van der Waals surface area contributed by atoms with Gasteiger partial charge in [-0.15, -0.1) is 0 Å². The largest absolute Gasteiger partial charge is 0.305 e. The first kappa shape index (κ1) is 23.9. The van der Waals surface area contributed by atoms with E-state index in [2.05, 4.69) is 9.97 Å². The van der Waals surface area contributed by atoms with Crippen molar-refractivity contribution in [2.75, 3.05) is 18.0 Å². The number of aliphatic imine (C=N–C) groups is 1. The van der Waals surface area contributed by atoms with Crippen LogP contribution in [0.1, 0.15) is 36.8 Å². The molecule has 0 aliphatic carbocycles. The van der Waals surface area contributed by atoms with Crippen LogP contribution in [0.3, 0.4) is 0 Å². The van der Waals surface area contributed by atoms with Crippen molar-refractivity contribution in [2.24, 2.45) is 4.99 Å². The summed E-state index contributed by atoms with van der Waals surface area (Å²) in [6, 6.07) is 12.9. The number of carbonyl (C=O) groups excluding carboxylic acids is 1. The van der Waals surface area contributed by atoms with Gasteiger partial charge in [0, 0.05) is 36.1 Å². The number of anilines is 1. The summed E-state index contributed by atoms with van der Waals surface area (Å²) in [7, 11) is 0. The molecule has 2 aliphatic rings. The van der Waals surface area contributed by atoms with Crippen molar-refractivity contribution in [1.29, 1.82) is 0 Å². The Balaban J connectivity index is 1.50. The lowest BCUT2D eigenvalue weighted by molar-refractivity contribution is 0.0841. The molecule has 0 fully saturated rings. The second-order valence-electron chi connectivity index (χ2n) is 9.98. The number of carbonyl (C=O) groups is 1. The van der Waals surface area contributed by atoms with E-state index >= 15 is 0 Å².